The Morgan fingerprint density at radius 1 is 1.42 bits per heavy atom. The molecule has 0 N–H and O–H groups in total. The summed E-state index contributed by atoms with van der Waals surface area (Å²) in [6, 6.07) is 5.45. The van der Waals surface area contributed by atoms with E-state index in [-0.39, 0.29) is 5.97 Å². The molecule has 4 heteroatoms. The highest BCUT2D eigenvalue weighted by Crippen LogP contribution is 2.35. The van der Waals surface area contributed by atoms with Crippen molar-refractivity contribution in [1.29, 1.82) is 0 Å². The number of ether oxygens (including phenoxy) is 2. The quantitative estimate of drug-likeness (QED) is 0.786. The summed E-state index contributed by atoms with van der Waals surface area (Å²) in [5, 5.41) is 0.667. The normalized spacial score (nSPS) is 15.8. The van der Waals surface area contributed by atoms with Gasteiger partial charge in [0.1, 0.15) is 5.75 Å². The van der Waals surface area contributed by atoms with Crippen LogP contribution in [0.2, 0.25) is 5.02 Å². The van der Waals surface area contributed by atoms with Crippen LogP contribution in [0, 0.1) is 0 Å². The summed E-state index contributed by atoms with van der Waals surface area (Å²) < 4.78 is 10.4. The zero-order chi connectivity index (χ0) is 13.8. The van der Waals surface area contributed by atoms with E-state index in [1.807, 2.05) is 6.07 Å². The van der Waals surface area contributed by atoms with Crippen molar-refractivity contribution >= 4 is 23.1 Å². The second-order valence-electron chi connectivity index (χ2n) is 4.55. The summed E-state index contributed by atoms with van der Waals surface area (Å²) >= 11 is 6.05. The lowest BCUT2D eigenvalue weighted by Crippen LogP contribution is -2.25. The van der Waals surface area contributed by atoms with Crippen molar-refractivity contribution in [1.82, 2.24) is 0 Å². The van der Waals surface area contributed by atoms with Crippen LogP contribution in [0.1, 0.15) is 31.7 Å². The van der Waals surface area contributed by atoms with Crippen LogP contribution in [0.25, 0.3) is 5.57 Å². The fourth-order valence-electron chi connectivity index (χ4n) is 2.18. The van der Waals surface area contributed by atoms with Crippen molar-refractivity contribution in [2.45, 2.75) is 32.3 Å². The van der Waals surface area contributed by atoms with Crippen molar-refractivity contribution in [3.63, 3.8) is 0 Å². The van der Waals surface area contributed by atoms with Crippen LogP contribution in [0.4, 0.5) is 0 Å². The molecule has 19 heavy (non-hydrogen) atoms. The number of methoxy groups -OCH3 is 1. The molecule has 0 saturated heterocycles. The number of benzene rings is 1. The van der Waals surface area contributed by atoms with Crippen molar-refractivity contribution < 1.29 is 14.3 Å². The summed E-state index contributed by atoms with van der Waals surface area (Å²) in [4.78, 5) is 11.4. The maximum Gasteiger partial charge on any atom is 0.346 e. The molecule has 1 aromatic rings. The molecule has 102 valence electrons. The molecule has 2 rings (SSSR count). The van der Waals surface area contributed by atoms with E-state index in [2.05, 4.69) is 10.8 Å². The first-order chi connectivity index (χ1) is 9.11. The van der Waals surface area contributed by atoms with Gasteiger partial charge in [-0.25, -0.2) is 4.79 Å². The Morgan fingerprint density at radius 2 is 2.21 bits per heavy atom. The van der Waals surface area contributed by atoms with Crippen molar-refractivity contribution in [3.8, 4) is 5.75 Å². The lowest BCUT2D eigenvalue weighted by molar-refractivity contribution is -0.147. The van der Waals surface area contributed by atoms with E-state index < -0.39 is 6.10 Å². The van der Waals surface area contributed by atoms with Gasteiger partial charge in [-0.1, -0.05) is 17.7 Å². The van der Waals surface area contributed by atoms with Crippen LogP contribution >= 0.6 is 11.6 Å². The molecule has 0 spiro atoms. The zero-order valence-corrected chi connectivity index (χ0v) is 11.9. The summed E-state index contributed by atoms with van der Waals surface area (Å²) in [6.07, 6.45) is 4.80. The monoisotopic (exact) mass is 280 g/mol. The molecule has 1 aliphatic rings. The smallest absolute Gasteiger partial charge is 0.346 e. The molecule has 3 nitrogen and oxygen atoms in total. The number of halogens is 1. The number of hydrogen-bond acceptors (Lipinski definition) is 3. The highest BCUT2D eigenvalue weighted by Gasteiger charge is 2.19. The van der Waals surface area contributed by atoms with Gasteiger partial charge in [-0.2, -0.15) is 0 Å². The predicted octanol–water partition coefficient (Wildman–Crippen LogP) is 3.85. The number of carbonyl (C=O) groups excluding carboxylic acids is 1. The Labute approximate surface area is 118 Å². The van der Waals surface area contributed by atoms with Gasteiger partial charge in [0.25, 0.3) is 0 Å². The van der Waals surface area contributed by atoms with Gasteiger partial charge in [0.05, 0.1) is 7.11 Å². The van der Waals surface area contributed by atoms with Crippen LogP contribution in [0.3, 0.4) is 0 Å². The van der Waals surface area contributed by atoms with Gasteiger partial charge >= 0.3 is 5.97 Å². The van der Waals surface area contributed by atoms with Crippen molar-refractivity contribution in [3.05, 3.63) is 34.9 Å². The minimum absolute atomic E-state index is 0.388. The molecule has 0 fully saturated rings. The maximum absolute atomic E-state index is 11.4. The molecule has 0 bridgehead atoms. The highest BCUT2D eigenvalue weighted by atomic mass is 35.5. The average molecular weight is 281 g/mol. The molecule has 1 atom stereocenters. The molecule has 0 aromatic heterocycles. The molecule has 0 amide bonds. The number of carbonyl (C=O) groups is 1. The molecule has 1 aliphatic carbocycles. The summed E-state index contributed by atoms with van der Waals surface area (Å²) in [5.41, 5.74) is 2.20. The Balaban J connectivity index is 2.27. The Morgan fingerprint density at radius 3 is 2.84 bits per heavy atom. The van der Waals surface area contributed by atoms with E-state index in [4.69, 9.17) is 16.3 Å². The lowest BCUT2D eigenvalue weighted by atomic mass is 10.0. The number of allylic oxidation sites excluding steroid dienone is 2. The van der Waals surface area contributed by atoms with E-state index in [0.717, 1.165) is 24.8 Å². The minimum Gasteiger partial charge on any atom is -0.478 e. The molecule has 1 unspecified atom stereocenters. The molecule has 0 heterocycles. The van der Waals surface area contributed by atoms with E-state index in [1.165, 1.54) is 12.7 Å². The number of esters is 1. The van der Waals surface area contributed by atoms with Gasteiger partial charge in [0.15, 0.2) is 6.10 Å². The van der Waals surface area contributed by atoms with E-state index in [0.29, 0.717) is 10.8 Å². The fraction of sp³-hybridized carbons (Fsp3) is 0.400. The van der Waals surface area contributed by atoms with Gasteiger partial charge in [-0.3, -0.25) is 0 Å². The van der Waals surface area contributed by atoms with Crippen LogP contribution in [-0.4, -0.2) is 19.2 Å². The van der Waals surface area contributed by atoms with Gasteiger partial charge in [0.2, 0.25) is 0 Å². The molecule has 0 aliphatic heterocycles. The predicted molar refractivity (Wildman–Crippen MR) is 75.4 cm³/mol. The van der Waals surface area contributed by atoms with Crippen LogP contribution in [0.5, 0.6) is 5.75 Å². The maximum atomic E-state index is 11.4. The molecular formula is C15H17ClO3. The second kappa shape index (κ2) is 6.11. The zero-order valence-electron chi connectivity index (χ0n) is 11.1. The van der Waals surface area contributed by atoms with Gasteiger partial charge in [-0.15, -0.1) is 0 Å². The molecule has 1 aromatic carbocycles. The molecule has 0 saturated carbocycles. The van der Waals surface area contributed by atoms with Crippen LogP contribution in [0.15, 0.2) is 24.3 Å². The largest absolute Gasteiger partial charge is 0.478 e. The Kier molecular flexibility index (Phi) is 4.48. The number of rotatable bonds is 4. The highest BCUT2D eigenvalue weighted by molar-refractivity contribution is 6.30. The SMILES string of the molecule is COC(=O)C(C)Oc1ccc(Cl)cc1C1=CCCC1. The first-order valence-electron chi connectivity index (χ1n) is 6.35. The molecule has 0 radical (unpaired) electrons. The van der Waals surface area contributed by atoms with Crippen molar-refractivity contribution in [2.24, 2.45) is 0 Å². The van der Waals surface area contributed by atoms with Crippen molar-refractivity contribution in [2.75, 3.05) is 7.11 Å². The Bertz CT molecular complexity index is 508. The van der Waals surface area contributed by atoms with Gasteiger partial charge in [-0.05, 0) is 50.0 Å². The molecular weight excluding hydrogens is 264 g/mol. The minimum atomic E-state index is -0.632. The standard InChI is InChI=1S/C15H17ClO3/c1-10(15(17)18-2)19-14-8-7-12(16)9-13(14)11-5-3-4-6-11/h5,7-10H,3-4,6H2,1-2H3. The number of hydrogen-bond donors (Lipinski definition) is 0. The van der Waals surface area contributed by atoms with Gasteiger partial charge < -0.3 is 9.47 Å². The van der Waals surface area contributed by atoms with Crippen LogP contribution < -0.4 is 4.74 Å². The third kappa shape index (κ3) is 3.29. The van der Waals surface area contributed by atoms with E-state index in [1.54, 1.807) is 19.1 Å². The third-order valence-electron chi connectivity index (χ3n) is 3.17. The topological polar surface area (TPSA) is 35.5 Å². The fourth-order valence-corrected chi connectivity index (χ4v) is 2.35. The van der Waals surface area contributed by atoms with E-state index >= 15 is 0 Å². The first-order valence-corrected chi connectivity index (χ1v) is 6.73. The van der Waals surface area contributed by atoms with Gasteiger partial charge in [0, 0.05) is 10.6 Å². The summed E-state index contributed by atoms with van der Waals surface area (Å²) in [5.74, 6) is 0.289. The second-order valence-corrected chi connectivity index (χ2v) is 4.98. The summed E-state index contributed by atoms with van der Waals surface area (Å²) in [6.45, 7) is 1.67. The van der Waals surface area contributed by atoms with Crippen LogP contribution in [-0.2, 0) is 9.53 Å². The first kappa shape index (κ1) is 13.9. The Hall–Kier alpha value is -1.48. The third-order valence-corrected chi connectivity index (χ3v) is 3.40. The average Bonchev–Trinajstić information content (AvgIpc) is 2.93. The van der Waals surface area contributed by atoms with E-state index in [9.17, 15) is 4.79 Å². The lowest BCUT2D eigenvalue weighted by Gasteiger charge is -2.16. The summed E-state index contributed by atoms with van der Waals surface area (Å²) in [7, 11) is 1.35.